The molecule has 5 rings (SSSR count). The summed E-state index contributed by atoms with van der Waals surface area (Å²) in [4.78, 5) is 24.7. The maximum Gasteiger partial charge on any atom is 0.407 e. The minimum Gasteiger partial charge on any atom is -0.507 e. The van der Waals surface area contributed by atoms with Crippen molar-refractivity contribution in [2.75, 3.05) is 37.7 Å². The number of aryl methyl sites for hydroxylation is 1. The molecular weight excluding hydrogens is 427 g/mol. The van der Waals surface area contributed by atoms with E-state index in [4.69, 9.17) is 9.72 Å². The van der Waals surface area contributed by atoms with Crippen molar-refractivity contribution in [3.8, 4) is 17.1 Å². The van der Waals surface area contributed by atoms with Crippen LogP contribution in [-0.4, -0.2) is 70.1 Å². The number of rotatable bonds is 3. The van der Waals surface area contributed by atoms with Crippen molar-refractivity contribution in [1.82, 2.24) is 14.9 Å². The van der Waals surface area contributed by atoms with E-state index in [-0.39, 0.29) is 29.1 Å². The van der Waals surface area contributed by atoms with Gasteiger partial charge in [0.25, 0.3) is 0 Å². The molecule has 2 unspecified atom stereocenters. The van der Waals surface area contributed by atoms with Gasteiger partial charge < -0.3 is 24.7 Å². The highest BCUT2D eigenvalue weighted by Crippen LogP contribution is 2.35. The number of benzene rings is 2. The van der Waals surface area contributed by atoms with Crippen LogP contribution < -0.4 is 4.90 Å². The first-order chi connectivity index (χ1) is 15.9. The van der Waals surface area contributed by atoms with Crippen molar-refractivity contribution in [1.29, 1.82) is 0 Å². The number of ether oxygens (including phenoxy) is 1. The number of nitrogens with zero attached hydrogens (tertiary/aromatic N) is 4. The number of carbonyl (C=O) groups is 1. The topological polar surface area (TPSA) is 99.0 Å². The molecule has 33 heavy (non-hydrogen) atoms. The number of anilines is 1. The Balaban J connectivity index is 1.62. The summed E-state index contributed by atoms with van der Waals surface area (Å²) in [6, 6.07) is 9.66. The third kappa shape index (κ3) is 3.93. The fourth-order valence-electron chi connectivity index (χ4n) is 4.81. The van der Waals surface area contributed by atoms with Crippen LogP contribution in [0.2, 0.25) is 0 Å². The molecular formula is C24H25FN4O4. The van der Waals surface area contributed by atoms with E-state index in [1.807, 2.05) is 30.0 Å². The molecule has 2 aromatic carbocycles. The number of hydrogen-bond acceptors (Lipinski definition) is 6. The molecule has 8 nitrogen and oxygen atoms in total. The predicted molar refractivity (Wildman–Crippen MR) is 121 cm³/mol. The minimum atomic E-state index is -0.938. The Bertz CT molecular complexity index is 1190. The molecule has 0 radical (unpaired) electrons. The fraction of sp³-hybridized carbons (Fsp3) is 0.375. The molecule has 3 aromatic rings. The van der Waals surface area contributed by atoms with Gasteiger partial charge in [-0.25, -0.2) is 19.2 Å². The van der Waals surface area contributed by atoms with Crippen molar-refractivity contribution in [2.24, 2.45) is 5.92 Å². The van der Waals surface area contributed by atoms with Crippen molar-refractivity contribution in [3.05, 3.63) is 47.8 Å². The van der Waals surface area contributed by atoms with Gasteiger partial charge in [0.2, 0.25) is 0 Å². The molecule has 2 fully saturated rings. The molecule has 2 saturated heterocycles. The summed E-state index contributed by atoms with van der Waals surface area (Å²) in [5.74, 6) is -0.0321. The van der Waals surface area contributed by atoms with E-state index in [1.165, 1.54) is 23.1 Å². The zero-order valence-corrected chi connectivity index (χ0v) is 18.2. The maximum atomic E-state index is 14.7. The summed E-state index contributed by atoms with van der Waals surface area (Å²) < 4.78 is 20.2. The lowest BCUT2D eigenvalue weighted by Crippen LogP contribution is -2.58. The summed E-state index contributed by atoms with van der Waals surface area (Å²) in [5.41, 5.74) is 1.58. The van der Waals surface area contributed by atoms with E-state index in [0.717, 1.165) is 17.4 Å². The number of halogens is 1. The molecule has 0 spiro atoms. The van der Waals surface area contributed by atoms with Gasteiger partial charge in [-0.3, -0.25) is 0 Å². The van der Waals surface area contributed by atoms with Crippen molar-refractivity contribution < 1.29 is 24.1 Å². The quantitative estimate of drug-likeness (QED) is 0.626. The van der Waals surface area contributed by atoms with Gasteiger partial charge in [0.05, 0.1) is 23.7 Å². The molecule has 0 aliphatic carbocycles. The van der Waals surface area contributed by atoms with Crippen LogP contribution in [0.25, 0.3) is 22.3 Å². The Hall–Kier alpha value is -3.46. The molecule has 1 aromatic heterocycles. The van der Waals surface area contributed by atoms with Gasteiger partial charge in [0.1, 0.15) is 17.4 Å². The Morgan fingerprint density at radius 2 is 2.06 bits per heavy atom. The molecule has 0 saturated carbocycles. The summed E-state index contributed by atoms with van der Waals surface area (Å²) in [5, 5.41) is 20.9. The number of hydrogen-bond donors (Lipinski definition) is 2. The Kier molecular flexibility index (Phi) is 5.49. The molecule has 1 amide bonds. The third-order valence-electron chi connectivity index (χ3n) is 6.52. The largest absolute Gasteiger partial charge is 0.507 e. The molecule has 0 bridgehead atoms. The second-order valence-corrected chi connectivity index (χ2v) is 8.64. The number of fused-ring (bicyclic) bond motifs is 1. The predicted octanol–water partition coefficient (Wildman–Crippen LogP) is 3.66. The van der Waals surface area contributed by atoms with Gasteiger partial charge in [-0.15, -0.1) is 0 Å². The number of phenols is 1. The Morgan fingerprint density at radius 1 is 1.21 bits per heavy atom. The second kappa shape index (κ2) is 8.47. The van der Waals surface area contributed by atoms with Crippen LogP contribution in [-0.2, 0) is 4.74 Å². The van der Waals surface area contributed by atoms with E-state index < -0.39 is 11.9 Å². The van der Waals surface area contributed by atoms with Gasteiger partial charge >= 0.3 is 6.09 Å². The summed E-state index contributed by atoms with van der Waals surface area (Å²) in [6.45, 7) is 4.32. The monoisotopic (exact) mass is 452 g/mol. The van der Waals surface area contributed by atoms with Crippen LogP contribution in [0.4, 0.5) is 15.0 Å². The molecule has 2 aliphatic heterocycles. The average molecular weight is 452 g/mol. The van der Waals surface area contributed by atoms with E-state index in [9.17, 15) is 19.4 Å². The minimum absolute atomic E-state index is 0.0490. The second-order valence-electron chi connectivity index (χ2n) is 8.64. The van der Waals surface area contributed by atoms with Crippen molar-refractivity contribution >= 4 is 22.8 Å². The lowest BCUT2D eigenvalue weighted by molar-refractivity contribution is 0.0894. The van der Waals surface area contributed by atoms with Crippen LogP contribution in [0.3, 0.4) is 0 Å². The van der Waals surface area contributed by atoms with Crippen LogP contribution in [0.15, 0.2) is 36.4 Å². The fourth-order valence-corrected chi connectivity index (χ4v) is 4.81. The van der Waals surface area contributed by atoms with Crippen LogP contribution in [0.1, 0.15) is 12.0 Å². The van der Waals surface area contributed by atoms with Crippen LogP contribution in [0, 0.1) is 18.7 Å². The maximum absolute atomic E-state index is 14.7. The number of amides is 1. The highest BCUT2D eigenvalue weighted by molar-refractivity contribution is 5.92. The Morgan fingerprint density at radius 3 is 2.79 bits per heavy atom. The van der Waals surface area contributed by atoms with E-state index in [0.29, 0.717) is 44.2 Å². The average Bonchev–Trinajstić information content (AvgIpc) is 3.32. The first-order valence-corrected chi connectivity index (χ1v) is 11.0. The summed E-state index contributed by atoms with van der Waals surface area (Å²) >= 11 is 0. The van der Waals surface area contributed by atoms with E-state index in [1.54, 1.807) is 0 Å². The lowest BCUT2D eigenvalue weighted by atomic mass is 9.95. The number of carboxylic acid groups (broad SMARTS) is 1. The standard InChI is InChI=1S/C24H25FN4O4/c1-14-5-6-16-18(11-14)26-22(21-17(25)3-2-4-20(21)30)27-23(16)28-8-9-29(24(31)32)19(12-28)15-7-10-33-13-15/h2-6,11,15,19,30H,7-10,12-13H2,1H3,(H,31,32). The van der Waals surface area contributed by atoms with Gasteiger partial charge in [0.15, 0.2) is 5.82 Å². The molecule has 2 aliphatic rings. The van der Waals surface area contributed by atoms with Crippen LogP contribution >= 0.6 is 0 Å². The molecule has 2 N–H and O–H groups in total. The van der Waals surface area contributed by atoms with E-state index in [2.05, 4.69) is 4.98 Å². The van der Waals surface area contributed by atoms with Gasteiger partial charge in [-0.2, -0.15) is 0 Å². The highest BCUT2D eigenvalue weighted by Gasteiger charge is 2.38. The first-order valence-electron chi connectivity index (χ1n) is 11.0. The SMILES string of the molecule is Cc1ccc2c(N3CCN(C(=O)O)C(C4CCOC4)C3)nc(-c3c(O)cccc3F)nc2c1. The van der Waals surface area contributed by atoms with Gasteiger partial charge in [-0.1, -0.05) is 12.1 Å². The number of aromatic nitrogens is 2. The number of aromatic hydroxyl groups is 1. The highest BCUT2D eigenvalue weighted by atomic mass is 19.1. The Labute approximate surface area is 190 Å². The zero-order valence-electron chi connectivity index (χ0n) is 18.2. The van der Waals surface area contributed by atoms with Crippen molar-refractivity contribution in [3.63, 3.8) is 0 Å². The number of phenolic OH excluding ortho intramolecular Hbond substituents is 1. The molecule has 3 heterocycles. The summed E-state index contributed by atoms with van der Waals surface area (Å²) in [6.07, 6.45) is -0.132. The summed E-state index contributed by atoms with van der Waals surface area (Å²) in [7, 11) is 0. The first kappa shape index (κ1) is 21.4. The molecule has 9 heteroatoms. The number of piperazine rings is 1. The lowest BCUT2D eigenvalue weighted by Gasteiger charge is -2.43. The van der Waals surface area contributed by atoms with Crippen molar-refractivity contribution in [2.45, 2.75) is 19.4 Å². The molecule has 2 atom stereocenters. The zero-order chi connectivity index (χ0) is 23.1. The van der Waals surface area contributed by atoms with E-state index >= 15 is 0 Å². The third-order valence-corrected chi connectivity index (χ3v) is 6.52. The normalized spacial score (nSPS) is 21.0. The molecule has 172 valence electrons. The van der Waals surface area contributed by atoms with Gasteiger partial charge in [0, 0.05) is 37.5 Å². The van der Waals surface area contributed by atoms with Gasteiger partial charge in [-0.05, 0) is 43.2 Å². The smallest absolute Gasteiger partial charge is 0.407 e. The van der Waals surface area contributed by atoms with Crippen LogP contribution in [0.5, 0.6) is 5.75 Å².